The first-order valence-corrected chi connectivity index (χ1v) is 6.09. The summed E-state index contributed by atoms with van der Waals surface area (Å²) < 4.78 is 0. The molecule has 5 nitrogen and oxygen atoms in total. The molecule has 0 aromatic carbocycles. The summed E-state index contributed by atoms with van der Waals surface area (Å²) in [5.74, 6) is 1.72. The molecule has 1 aliphatic carbocycles. The fourth-order valence-electron chi connectivity index (χ4n) is 1.53. The van der Waals surface area contributed by atoms with Gasteiger partial charge in [0.15, 0.2) is 0 Å². The Morgan fingerprint density at radius 1 is 1.53 bits per heavy atom. The van der Waals surface area contributed by atoms with Gasteiger partial charge in [0, 0.05) is 24.9 Å². The Bertz CT molecular complexity index is 420. The predicted molar refractivity (Wildman–Crippen MR) is 65.9 cm³/mol. The van der Waals surface area contributed by atoms with Gasteiger partial charge in [-0.3, -0.25) is 4.79 Å². The third-order valence-electron chi connectivity index (χ3n) is 2.56. The summed E-state index contributed by atoms with van der Waals surface area (Å²) in [7, 11) is 0. The van der Waals surface area contributed by atoms with Gasteiger partial charge in [-0.25, -0.2) is 9.97 Å². The molecule has 0 radical (unpaired) electrons. The highest BCUT2D eigenvalue weighted by atomic mass is 35.5. The Morgan fingerprint density at radius 3 is 2.94 bits per heavy atom. The maximum Gasteiger partial charge on any atom is 0.217 e. The van der Waals surface area contributed by atoms with Crippen molar-refractivity contribution in [3.63, 3.8) is 0 Å². The number of primary amides is 1. The van der Waals surface area contributed by atoms with Crippen molar-refractivity contribution in [1.29, 1.82) is 0 Å². The van der Waals surface area contributed by atoms with Gasteiger partial charge in [0.25, 0.3) is 0 Å². The first-order chi connectivity index (χ1) is 8.15. The van der Waals surface area contributed by atoms with Gasteiger partial charge in [0.1, 0.15) is 16.8 Å². The van der Waals surface area contributed by atoms with Crippen molar-refractivity contribution in [2.24, 2.45) is 5.73 Å². The van der Waals surface area contributed by atoms with E-state index in [9.17, 15) is 4.79 Å². The lowest BCUT2D eigenvalue weighted by atomic mass is 10.3. The molecule has 2 rings (SSSR count). The highest BCUT2D eigenvalue weighted by Gasteiger charge is 2.27. The van der Waals surface area contributed by atoms with Crippen LogP contribution in [-0.4, -0.2) is 22.4 Å². The summed E-state index contributed by atoms with van der Waals surface area (Å²) in [6, 6.07) is 1.69. The number of carbonyl (C=O) groups excluding carboxylic acids is 1. The second-order valence-electron chi connectivity index (χ2n) is 4.21. The monoisotopic (exact) mass is 254 g/mol. The summed E-state index contributed by atoms with van der Waals surface area (Å²) in [6.45, 7) is 0.653. The fraction of sp³-hybridized carbons (Fsp3) is 0.545. The number of nitrogens with zero attached hydrogens (tertiary/aromatic N) is 2. The molecule has 0 spiro atoms. The van der Waals surface area contributed by atoms with Crippen molar-refractivity contribution in [3.05, 3.63) is 17.0 Å². The van der Waals surface area contributed by atoms with E-state index >= 15 is 0 Å². The minimum absolute atomic E-state index is 0.286. The molecule has 1 saturated carbocycles. The number of carbonyl (C=O) groups is 1. The van der Waals surface area contributed by atoms with Crippen LogP contribution in [-0.2, 0) is 4.79 Å². The van der Waals surface area contributed by atoms with Crippen LogP contribution in [0.3, 0.4) is 0 Å². The minimum Gasteiger partial charge on any atom is -0.370 e. The molecule has 1 aromatic rings. The topological polar surface area (TPSA) is 80.9 Å². The lowest BCUT2D eigenvalue weighted by Crippen LogP contribution is -2.13. The van der Waals surface area contributed by atoms with Crippen LogP contribution >= 0.6 is 11.6 Å². The van der Waals surface area contributed by atoms with Gasteiger partial charge in [-0.2, -0.15) is 0 Å². The number of hydrogen-bond donors (Lipinski definition) is 2. The molecule has 0 bridgehead atoms. The summed E-state index contributed by atoms with van der Waals surface area (Å²) in [5.41, 5.74) is 5.05. The van der Waals surface area contributed by atoms with Crippen LogP contribution in [0.4, 0.5) is 5.82 Å². The second kappa shape index (κ2) is 5.31. The zero-order valence-electron chi connectivity index (χ0n) is 9.45. The van der Waals surface area contributed by atoms with Gasteiger partial charge in [-0.05, 0) is 19.3 Å². The van der Waals surface area contributed by atoms with Crippen LogP contribution in [0.5, 0.6) is 0 Å². The average molecular weight is 255 g/mol. The predicted octanol–water partition coefficient (Wildman–Crippen LogP) is 1.68. The Kier molecular flexibility index (Phi) is 3.78. The average Bonchev–Trinajstić information content (AvgIpc) is 3.07. The molecule has 6 heteroatoms. The van der Waals surface area contributed by atoms with E-state index in [1.807, 2.05) is 0 Å². The van der Waals surface area contributed by atoms with Crippen molar-refractivity contribution < 1.29 is 4.79 Å². The number of hydrogen-bond acceptors (Lipinski definition) is 4. The van der Waals surface area contributed by atoms with Crippen molar-refractivity contribution >= 4 is 23.3 Å². The standard InChI is InChI=1S/C11H15ClN4O/c12-8-6-10(14-5-1-2-9(13)17)16-11(15-8)7-3-4-7/h6-7H,1-5H2,(H2,13,17)(H,14,15,16). The molecule has 0 saturated heterocycles. The molecule has 1 heterocycles. The third kappa shape index (κ3) is 3.85. The lowest BCUT2D eigenvalue weighted by Gasteiger charge is -2.06. The van der Waals surface area contributed by atoms with Gasteiger partial charge >= 0.3 is 0 Å². The van der Waals surface area contributed by atoms with Crippen molar-refractivity contribution in [2.45, 2.75) is 31.6 Å². The van der Waals surface area contributed by atoms with Crippen LogP contribution in [0.25, 0.3) is 0 Å². The van der Waals surface area contributed by atoms with Crippen LogP contribution < -0.4 is 11.1 Å². The molecule has 17 heavy (non-hydrogen) atoms. The number of rotatable bonds is 6. The van der Waals surface area contributed by atoms with Gasteiger partial charge in [0.2, 0.25) is 5.91 Å². The van der Waals surface area contributed by atoms with Gasteiger partial charge < -0.3 is 11.1 Å². The van der Waals surface area contributed by atoms with E-state index in [1.54, 1.807) is 6.07 Å². The Hall–Kier alpha value is -1.36. The summed E-state index contributed by atoms with van der Waals surface area (Å²) in [4.78, 5) is 19.1. The number of nitrogens with two attached hydrogens (primary N) is 1. The summed E-state index contributed by atoms with van der Waals surface area (Å²) in [6.07, 6.45) is 3.35. The fourth-order valence-corrected chi connectivity index (χ4v) is 1.72. The molecular formula is C11H15ClN4O. The second-order valence-corrected chi connectivity index (χ2v) is 4.59. The van der Waals surface area contributed by atoms with E-state index in [2.05, 4.69) is 15.3 Å². The molecular weight excluding hydrogens is 240 g/mol. The number of aromatic nitrogens is 2. The maximum absolute atomic E-state index is 10.6. The molecule has 1 fully saturated rings. The van der Waals surface area contributed by atoms with Gasteiger partial charge in [-0.1, -0.05) is 11.6 Å². The SMILES string of the molecule is NC(=O)CCCNc1cc(Cl)nc(C2CC2)n1. The minimum atomic E-state index is -0.286. The molecule has 0 unspecified atom stereocenters. The number of amides is 1. The molecule has 0 atom stereocenters. The highest BCUT2D eigenvalue weighted by Crippen LogP contribution is 2.38. The normalized spacial score (nSPS) is 14.6. The van der Waals surface area contributed by atoms with E-state index in [-0.39, 0.29) is 5.91 Å². The lowest BCUT2D eigenvalue weighted by molar-refractivity contribution is -0.118. The molecule has 92 valence electrons. The number of halogens is 1. The summed E-state index contributed by atoms with van der Waals surface area (Å²) in [5, 5.41) is 3.58. The Labute approximate surface area is 105 Å². The van der Waals surface area contributed by atoms with Gasteiger partial charge in [0.05, 0.1) is 0 Å². The quantitative estimate of drug-likeness (QED) is 0.598. The zero-order chi connectivity index (χ0) is 12.3. The number of anilines is 1. The first kappa shape index (κ1) is 12.1. The smallest absolute Gasteiger partial charge is 0.217 e. The van der Waals surface area contributed by atoms with Gasteiger partial charge in [-0.15, -0.1) is 0 Å². The van der Waals surface area contributed by atoms with E-state index in [0.717, 1.165) is 24.5 Å². The summed E-state index contributed by atoms with van der Waals surface area (Å²) >= 11 is 5.92. The first-order valence-electron chi connectivity index (χ1n) is 5.72. The maximum atomic E-state index is 10.6. The molecule has 1 amide bonds. The van der Waals surface area contributed by atoms with E-state index < -0.39 is 0 Å². The molecule has 1 aromatic heterocycles. The molecule has 0 aliphatic heterocycles. The van der Waals surface area contributed by atoms with Crippen molar-refractivity contribution in [1.82, 2.24) is 9.97 Å². The van der Waals surface area contributed by atoms with Crippen LogP contribution in [0.1, 0.15) is 37.4 Å². The van der Waals surface area contributed by atoms with Crippen LogP contribution in [0.2, 0.25) is 5.15 Å². The highest BCUT2D eigenvalue weighted by molar-refractivity contribution is 6.29. The number of nitrogens with one attached hydrogen (secondary N) is 1. The van der Waals surface area contributed by atoms with E-state index in [0.29, 0.717) is 30.5 Å². The zero-order valence-corrected chi connectivity index (χ0v) is 10.2. The van der Waals surface area contributed by atoms with E-state index in [1.165, 1.54) is 0 Å². The van der Waals surface area contributed by atoms with Crippen LogP contribution in [0, 0.1) is 0 Å². The van der Waals surface area contributed by atoms with E-state index in [4.69, 9.17) is 17.3 Å². The molecule has 1 aliphatic rings. The Morgan fingerprint density at radius 2 is 2.29 bits per heavy atom. The van der Waals surface area contributed by atoms with Crippen molar-refractivity contribution in [3.8, 4) is 0 Å². The molecule has 3 N–H and O–H groups in total. The Balaban J connectivity index is 1.89. The largest absolute Gasteiger partial charge is 0.370 e. The van der Waals surface area contributed by atoms with Crippen molar-refractivity contribution in [2.75, 3.05) is 11.9 Å². The third-order valence-corrected chi connectivity index (χ3v) is 2.75. The van der Waals surface area contributed by atoms with Crippen LogP contribution in [0.15, 0.2) is 6.07 Å².